The highest BCUT2D eigenvalue weighted by atomic mass is 16.5. The summed E-state index contributed by atoms with van der Waals surface area (Å²) in [7, 11) is 0. The van der Waals surface area contributed by atoms with E-state index in [1.807, 2.05) is 45.0 Å². The fourth-order valence-electron chi connectivity index (χ4n) is 2.24. The van der Waals surface area contributed by atoms with Gasteiger partial charge in [-0.3, -0.25) is 9.59 Å². The molecule has 0 saturated carbocycles. The Labute approximate surface area is 148 Å². The third kappa shape index (κ3) is 5.64. The number of amides is 2. The molecule has 0 radical (unpaired) electrons. The highest BCUT2D eigenvalue weighted by molar-refractivity contribution is 5.96. The molecule has 5 nitrogen and oxygen atoms in total. The summed E-state index contributed by atoms with van der Waals surface area (Å²) in [5, 5.41) is 5.61. The van der Waals surface area contributed by atoms with Crippen molar-refractivity contribution in [1.29, 1.82) is 0 Å². The summed E-state index contributed by atoms with van der Waals surface area (Å²) in [6, 6.07) is 14.4. The first-order chi connectivity index (χ1) is 11.8. The Bertz CT molecular complexity index is 739. The Morgan fingerprint density at radius 1 is 1.00 bits per heavy atom. The fraction of sp³-hybridized carbons (Fsp3) is 0.300. The van der Waals surface area contributed by atoms with Gasteiger partial charge >= 0.3 is 0 Å². The second kappa shape index (κ2) is 8.33. The molecule has 0 aliphatic heterocycles. The predicted octanol–water partition coefficient (Wildman–Crippen LogP) is 3.54. The summed E-state index contributed by atoms with van der Waals surface area (Å²) >= 11 is 0. The highest BCUT2D eigenvalue weighted by Crippen LogP contribution is 2.15. The SMILES string of the molecule is Cc1cccc(OC(C)C(=O)Nc2ccc(C(=O)NC(C)C)cc2)c1. The number of hydrogen-bond acceptors (Lipinski definition) is 3. The van der Waals surface area contributed by atoms with E-state index in [0.717, 1.165) is 5.56 Å². The van der Waals surface area contributed by atoms with Crippen molar-refractivity contribution in [2.75, 3.05) is 5.32 Å². The first-order valence-electron chi connectivity index (χ1n) is 8.30. The molecular formula is C20H24N2O3. The Morgan fingerprint density at radius 3 is 2.28 bits per heavy atom. The van der Waals surface area contributed by atoms with Gasteiger partial charge in [-0.1, -0.05) is 12.1 Å². The number of hydrogen-bond donors (Lipinski definition) is 2. The Morgan fingerprint density at radius 2 is 1.68 bits per heavy atom. The van der Waals surface area contributed by atoms with Gasteiger partial charge in [0.1, 0.15) is 5.75 Å². The Hall–Kier alpha value is -2.82. The number of aryl methyl sites for hydroxylation is 1. The van der Waals surface area contributed by atoms with Gasteiger partial charge in [0.05, 0.1) is 0 Å². The molecule has 0 heterocycles. The van der Waals surface area contributed by atoms with Gasteiger partial charge in [-0.05, 0) is 69.7 Å². The van der Waals surface area contributed by atoms with Crippen LogP contribution >= 0.6 is 0 Å². The van der Waals surface area contributed by atoms with Crippen molar-refractivity contribution in [3.63, 3.8) is 0 Å². The van der Waals surface area contributed by atoms with Crippen LogP contribution in [0.3, 0.4) is 0 Å². The minimum absolute atomic E-state index is 0.0755. The van der Waals surface area contributed by atoms with E-state index in [4.69, 9.17) is 4.74 Å². The van der Waals surface area contributed by atoms with Crippen LogP contribution in [-0.4, -0.2) is 24.0 Å². The van der Waals surface area contributed by atoms with E-state index in [9.17, 15) is 9.59 Å². The van der Waals surface area contributed by atoms with Crippen LogP contribution in [0.1, 0.15) is 36.7 Å². The zero-order valence-corrected chi connectivity index (χ0v) is 15.0. The molecule has 0 aliphatic carbocycles. The van der Waals surface area contributed by atoms with Gasteiger partial charge in [0, 0.05) is 17.3 Å². The van der Waals surface area contributed by atoms with Crippen LogP contribution in [0.15, 0.2) is 48.5 Å². The zero-order valence-electron chi connectivity index (χ0n) is 15.0. The van der Waals surface area contributed by atoms with Gasteiger partial charge in [0.2, 0.25) is 0 Å². The minimum atomic E-state index is -0.634. The van der Waals surface area contributed by atoms with Crippen molar-refractivity contribution in [1.82, 2.24) is 5.32 Å². The summed E-state index contributed by atoms with van der Waals surface area (Å²) in [6.45, 7) is 7.47. The van der Waals surface area contributed by atoms with Crippen molar-refractivity contribution in [3.8, 4) is 5.75 Å². The fourth-order valence-corrected chi connectivity index (χ4v) is 2.24. The van der Waals surface area contributed by atoms with Crippen molar-refractivity contribution >= 4 is 17.5 Å². The summed E-state index contributed by atoms with van der Waals surface area (Å²) in [4.78, 5) is 24.2. The summed E-state index contributed by atoms with van der Waals surface area (Å²) in [5.74, 6) is 0.272. The molecule has 1 unspecified atom stereocenters. The Kier molecular flexibility index (Phi) is 6.17. The average Bonchev–Trinajstić information content (AvgIpc) is 2.54. The molecule has 0 aliphatic rings. The molecule has 2 rings (SSSR count). The molecule has 2 aromatic carbocycles. The standard InChI is InChI=1S/C20H24N2O3/c1-13(2)21-20(24)16-8-10-17(11-9-16)22-19(23)15(4)25-18-7-5-6-14(3)12-18/h5-13,15H,1-4H3,(H,21,24)(H,22,23). The molecular weight excluding hydrogens is 316 g/mol. The third-order valence-corrected chi connectivity index (χ3v) is 3.51. The molecule has 5 heteroatoms. The number of anilines is 1. The van der Waals surface area contributed by atoms with E-state index >= 15 is 0 Å². The maximum Gasteiger partial charge on any atom is 0.265 e. The van der Waals surface area contributed by atoms with Crippen LogP contribution in [-0.2, 0) is 4.79 Å². The van der Waals surface area contributed by atoms with Gasteiger partial charge in [-0.15, -0.1) is 0 Å². The third-order valence-electron chi connectivity index (χ3n) is 3.51. The van der Waals surface area contributed by atoms with Crippen LogP contribution in [0.5, 0.6) is 5.75 Å². The van der Waals surface area contributed by atoms with E-state index in [0.29, 0.717) is 17.0 Å². The van der Waals surface area contributed by atoms with Crippen molar-refractivity contribution in [2.24, 2.45) is 0 Å². The van der Waals surface area contributed by atoms with E-state index in [1.165, 1.54) is 0 Å². The number of carbonyl (C=O) groups is 2. The lowest BCUT2D eigenvalue weighted by molar-refractivity contribution is -0.122. The molecule has 0 spiro atoms. The molecule has 0 aromatic heterocycles. The summed E-state index contributed by atoms with van der Waals surface area (Å²) in [5.41, 5.74) is 2.24. The lowest BCUT2D eigenvalue weighted by atomic mass is 10.2. The van der Waals surface area contributed by atoms with Crippen LogP contribution < -0.4 is 15.4 Å². The number of benzene rings is 2. The first-order valence-corrected chi connectivity index (χ1v) is 8.30. The molecule has 0 saturated heterocycles. The quantitative estimate of drug-likeness (QED) is 0.845. The molecule has 132 valence electrons. The molecule has 1 atom stereocenters. The maximum atomic E-state index is 12.3. The van der Waals surface area contributed by atoms with Crippen LogP contribution in [0.25, 0.3) is 0 Å². The molecule has 2 amide bonds. The first kappa shape index (κ1) is 18.5. The van der Waals surface area contributed by atoms with Crippen LogP contribution in [0, 0.1) is 6.92 Å². The molecule has 2 aromatic rings. The highest BCUT2D eigenvalue weighted by Gasteiger charge is 2.15. The number of ether oxygens (including phenoxy) is 1. The largest absolute Gasteiger partial charge is 0.481 e. The van der Waals surface area contributed by atoms with Crippen LogP contribution in [0.4, 0.5) is 5.69 Å². The summed E-state index contributed by atoms with van der Waals surface area (Å²) in [6.07, 6.45) is -0.634. The number of nitrogens with one attached hydrogen (secondary N) is 2. The molecule has 25 heavy (non-hydrogen) atoms. The lowest BCUT2D eigenvalue weighted by Gasteiger charge is -2.15. The van der Waals surface area contributed by atoms with Gasteiger partial charge < -0.3 is 15.4 Å². The lowest BCUT2D eigenvalue weighted by Crippen LogP contribution is -2.30. The van der Waals surface area contributed by atoms with E-state index in [-0.39, 0.29) is 17.9 Å². The minimum Gasteiger partial charge on any atom is -0.481 e. The second-order valence-electron chi connectivity index (χ2n) is 6.27. The van der Waals surface area contributed by atoms with E-state index in [2.05, 4.69) is 10.6 Å². The van der Waals surface area contributed by atoms with Gasteiger partial charge in [-0.2, -0.15) is 0 Å². The zero-order chi connectivity index (χ0) is 18.4. The van der Waals surface area contributed by atoms with Crippen molar-refractivity contribution < 1.29 is 14.3 Å². The van der Waals surface area contributed by atoms with Crippen LogP contribution in [0.2, 0.25) is 0 Å². The van der Waals surface area contributed by atoms with E-state index < -0.39 is 6.10 Å². The molecule has 2 N–H and O–H groups in total. The smallest absolute Gasteiger partial charge is 0.265 e. The van der Waals surface area contributed by atoms with E-state index in [1.54, 1.807) is 31.2 Å². The van der Waals surface area contributed by atoms with Gasteiger partial charge in [-0.25, -0.2) is 0 Å². The average molecular weight is 340 g/mol. The van der Waals surface area contributed by atoms with Crippen molar-refractivity contribution in [2.45, 2.75) is 39.8 Å². The molecule has 0 fully saturated rings. The number of rotatable bonds is 6. The normalized spacial score (nSPS) is 11.7. The van der Waals surface area contributed by atoms with Crippen molar-refractivity contribution in [3.05, 3.63) is 59.7 Å². The van der Waals surface area contributed by atoms with Gasteiger partial charge in [0.15, 0.2) is 6.10 Å². The van der Waals surface area contributed by atoms with Gasteiger partial charge in [0.25, 0.3) is 11.8 Å². The maximum absolute atomic E-state index is 12.3. The Balaban J connectivity index is 1.94. The molecule has 0 bridgehead atoms. The predicted molar refractivity (Wildman–Crippen MR) is 98.9 cm³/mol. The topological polar surface area (TPSA) is 67.4 Å². The summed E-state index contributed by atoms with van der Waals surface area (Å²) < 4.78 is 5.66. The second-order valence-corrected chi connectivity index (χ2v) is 6.27. The number of carbonyl (C=O) groups excluding carboxylic acids is 2. The monoisotopic (exact) mass is 340 g/mol.